The highest BCUT2D eigenvalue weighted by molar-refractivity contribution is 6.44. The van der Waals surface area contributed by atoms with E-state index in [0.29, 0.717) is 22.0 Å². The van der Waals surface area contributed by atoms with Gasteiger partial charge in [-0.25, -0.2) is 4.39 Å². The summed E-state index contributed by atoms with van der Waals surface area (Å²) in [6.45, 7) is 0. The van der Waals surface area contributed by atoms with Crippen LogP contribution in [0.1, 0.15) is 15.9 Å². The Morgan fingerprint density at radius 2 is 1.95 bits per heavy atom. The number of benzene rings is 2. The van der Waals surface area contributed by atoms with Gasteiger partial charge in [-0.1, -0.05) is 23.2 Å². The molecule has 0 saturated carbocycles. The maximum absolute atomic E-state index is 13.4. The summed E-state index contributed by atoms with van der Waals surface area (Å²) in [4.78, 5) is 15.5. The standard InChI is InChI=1S/C15H9Cl2FN2O/c16-11-3-7(4-12(19)14(11)17)15(21)10-6-20-13-2-1-8(18)5-9(10)13/h1-6,20H,19H2. The molecule has 0 spiro atoms. The van der Waals surface area contributed by atoms with Crippen LogP contribution in [-0.4, -0.2) is 10.8 Å². The summed E-state index contributed by atoms with van der Waals surface area (Å²) < 4.78 is 13.4. The molecular formula is C15H9Cl2FN2O. The maximum Gasteiger partial charge on any atom is 0.195 e. The second kappa shape index (κ2) is 5.06. The van der Waals surface area contributed by atoms with Crippen LogP contribution in [0.15, 0.2) is 36.5 Å². The van der Waals surface area contributed by atoms with Gasteiger partial charge in [0, 0.05) is 28.2 Å². The third-order valence-corrected chi connectivity index (χ3v) is 4.02. The van der Waals surface area contributed by atoms with Crippen molar-refractivity contribution >= 4 is 45.6 Å². The number of carbonyl (C=O) groups excluding carboxylic acids is 1. The van der Waals surface area contributed by atoms with Gasteiger partial charge in [-0.05, 0) is 30.3 Å². The molecule has 0 atom stereocenters. The first-order valence-electron chi connectivity index (χ1n) is 6.03. The molecule has 0 aliphatic heterocycles. The summed E-state index contributed by atoms with van der Waals surface area (Å²) in [5.41, 5.74) is 7.26. The SMILES string of the molecule is Nc1cc(C(=O)c2c[nH]c3ccc(F)cc23)cc(Cl)c1Cl. The zero-order valence-corrected chi connectivity index (χ0v) is 12.1. The lowest BCUT2D eigenvalue weighted by Gasteiger charge is -2.05. The molecule has 0 amide bonds. The fourth-order valence-corrected chi connectivity index (χ4v) is 2.51. The molecule has 0 aliphatic carbocycles. The number of fused-ring (bicyclic) bond motifs is 1. The molecule has 6 heteroatoms. The van der Waals surface area contributed by atoms with E-state index in [0.717, 1.165) is 0 Å². The Balaban J connectivity index is 2.15. The van der Waals surface area contributed by atoms with E-state index in [2.05, 4.69) is 4.98 Å². The van der Waals surface area contributed by atoms with Gasteiger partial charge in [0.15, 0.2) is 5.78 Å². The van der Waals surface area contributed by atoms with Crippen molar-refractivity contribution in [3.05, 3.63) is 63.5 Å². The van der Waals surface area contributed by atoms with Crippen molar-refractivity contribution in [3.63, 3.8) is 0 Å². The Hall–Kier alpha value is -2.04. The fraction of sp³-hybridized carbons (Fsp3) is 0. The predicted octanol–water partition coefficient (Wildman–Crippen LogP) is 4.43. The van der Waals surface area contributed by atoms with E-state index in [9.17, 15) is 9.18 Å². The van der Waals surface area contributed by atoms with Gasteiger partial charge in [0.25, 0.3) is 0 Å². The van der Waals surface area contributed by atoms with Crippen LogP contribution in [0.25, 0.3) is 10.9 Å². The number of hydrogen-bond donors (Lipinski definition) is 2. The maximum atomic E-state index is 13.4. The van der Waals surface area contributed by atoms with Gasteiger partial charge in [-0.2, -0.15) is 0 Å². The Kier molecular flexibility index (Phi) is 3.35. The van der Waals surface area contributed by atoms with E-state index in [1.807, 2.05) is 0 Å². The first kappa shape index (κ1) is 13.9. The molecule has 106 valence electrons. The largest absolute Gasteiger partial charge is 0.397 e. The lowest BCUT2D eigenvalue weighted by Crippen LogP contribution is -2.02. The number of halogens is 3. The first-order chi connectivity index (χ1) is 9.97. The number of aromatic amines is 1. The fourth-order valence-electron chi connectivity index (χ4n) is 2.18. The summed E-state index contributed by atoms with van der Waals surface area (Å²) in [7, 11) is 0. The Bertz CT molecular complexity index is 850. The molecule has 0 unspecified atom stereocenters. The quantitative estimate of drug-likeness (QED) is 0.541. The third-order valence-electron chi connectivity index (χ3n) is 3.21. The summed E-state index contributed by atoms with van der Waals surface area (Å²) in [5.74, 6) is -0.720. The van der Waals surface area contributed by atoms with Crippen LogP contribution in [0, 0.1) is 5.82 Å². The van der Waals surface area contributed by atoms with Gasteiger partial charge in [0.2, 0.25) is 0 Å². The zero-order chi connectivity index (χ0) is 15.1. The lowest BCUT2D eigenvalue weighted by atomic mass is 10.0. The summed E-state index contributed by atoms with van der Waals surface area (Å²) in [6.07, 6.45) is 1.53. The van der Waals surface area contributed by atoms with Crippen LogP contribution < -0.4 is 5.73 Å². The van der Waals surface area contributed by atoms with E-state index in [-0.39, 0.29) is 21.5 Å². The minimum Gasteiger partial charge on any atom is -0.397 e. The molecular weight excluding hydrogens is 314 g/mol. The predicted molar refractivity (Wildman–Crippen MR) is 82.6 cm³/mol. The summed E-state index contributed by atoms with van der Waals surface area (Å²) in [5, 5.41) is 0.911. The minimum atomic E-state index is -0.412. The average molecular weight is 323 g/mol. The Morgan fingerprint density at radius 1 is 1.19 bits per heavy atom. The van der Waals surface area contributed by atoms with Crippen LogP contribution in [0.5, 0.6) is 0 Å². The average Bonchev–Trinajstić information content (AvgIpc) is 2.86. The molecule has 0 bridgehead atoms. The molecule has 1 aromatic heterocycles. The molecule has 1 heterocycles. The van der Waals surface area contributed by atoms with Crippen molar-refractivity contribution in [1.82, 2.24) is 4.98 Å². The number of carbonyl (C=O) groups is 1. The van der Waals surface area contributed by atoms with Crippen LogP contribution in [0.4, 0.5) is 10.1 Å². The number of anilines is 1. The van der Waals surface area contributed by atoms with Crippen LogP contribution in [-0.2, 0) is 0 Å². The monoisotopic (exact) mass is 322 g/mol. The van der Waals surface area contributed by atoms with E-state index < -0.39 is 5.82 Å². The lowest BCUT2D eigenvalue weighted by molar-refractivity contribution is 0.104. The van der Waals surface area contributed by atoms with E-state index >= 15 is 0 Å². The van der Waals surface area contributed by atoms with Gasteiger partial charge < -0.3 is 10.7 Å². The van der Waals surface area contributed by atoms with Crippen LogP contribution >= 0.6 is 23.2 Å². The molecule has 21 heavy (non-hydrogen) atoms. The molecule has 3 rings (SSSR count). The van der Waals surface area contributed by atoms with Crippen molar-refractivity contribution in [3.8, 4) is 0 Å². The van der Waals surface area contributed by atoms with E-state index in [1.54, 1.807) is 6.07 Å². The van der Waals surface area contributed by atoms with Gasteiger partial charge in [0.1, 0.15) is 5.82 Å². The molecule has 0 radical (unpaired) electrons. The minimum absolute atomic E-state index is 0.200. The summed E-state index contributed by atoms with van der Waals surface area (Å²) in [6, 6.07) is 7.10. The molecule has 3 N–H and O–H groups in total. The number of nitrogens with two attached hydrogens (primary N) is 1. The molecule has 3 aromatic rings. The number of nitrogen functional groups attached to an aromatic ring is 1. The molecule has 0 fully saturated rings. The Labute approximate surface area is 129 Å². The smallest absolute Gasteiger partial charge is 0.195 e. The Morgan fingerprint density at radius 3 is 2.67 bits per heavy atom. The highest BCUT2D eigenvalue weighted by atomic mass is 35.5. The highest BCUT2D eigenvalue weighted by Gasteiger charge is 2.17. The number of ketones is 1. The van der Waals surface area contributed by atoms with Crippen molar-refractivity contribution in [2.24, 2.45) is 0 Å². The van der Waals surface area contributed by atoms with E-state index in [4.69, 9.17) is 28.9 Å². The topological polar surface area (TPSA) is 58.9 Å². The van der Waals surface area contributed by atoms with Crippen LogP contribution in [0.2, 0.25) is 10.0 Å². The number of H-pyrrole nitrogens is 1. The van der Waals surface area contributed by atoms with Crippen LogP contribution in [0.3, 0.4) is 0 Å². The van der Waals surface area contributed by atoms with Gasteiger partial charge in [0.05, 0.1) is 15.7 Å². The van der Waals surface area contributed by atoms with Gasteiger partial charge >= 0.3 is 0 Å². The normalized spacial score (nSPS) is 11.0. The van der Waals surface area contributed by atoms with Crippen molar-refractivity contribution in [1.29, 1.82) is 0 Å². The number of hydrogen-bond acceptors (Lipinski definition) is 2. The second-order valence-corrected chi connectivity index (χ2v) is 5.37. The number of aromatic nitrogens is 1. The van der Waals surface area contributed by atoms with Gasteiger partial charge in [-0.15, -0.1) is 0 Å². The zero-order valence-electron chi connectivity index (χ0n) is 10.6. The molecule has 3 nitrogen and oxygen atoms in total. The molecule has 2 aromatic carbocycles. The molecule has 0 aliphatic rings. The third kappa shape index (κ3) is 2.37. The summed E-state index contributed by atoms with van der Waals surface area (Å²) >= 11 is 11.8. The first-order valence-corrected chi connectivity index (χ1v) is 6.79. The number of nitrogens with one attached hydrogen (secondary N) is 1. The second-order valence-electron chi connectivity index (χ2n) is 4.58. The molecule has 0 saturated heterocycles. The highest BCUT2D eigenvalue weighted by Crippen LogP contribution is 2.31. The van der Waals surface area contributed by atoms with Crippen molar-refractivity contribution in [2.75, 3.05) is 5.73 Å². The number of rotatable bonds is 2. The van der Waals surface area contributed by atoms with Crippen molar-refractivity contribution in [2.45, 2.75) is 0 Å². The van der Waals surface area contributed by atoms with Gasteiger partial charge in [-0.3, -0.25) is 4.79 Å². The van der Waals surface area contributed by atoms with E-state index in [1.165, 1.54) is 30.5 Å². The van der Waals surface area contributed by atoms with Crippen molar-refractivity contribution < 1.29 is 9.18 Å².